The van der Waals surface area contributed by atoms with Gasteiger partial charge in [0.25, 0.3) is 11.8 Å². The van der Waals surface area contributed by atoms with Crippen LogP contribution < -0.4 is 19.1 Å². The highest BCUT2D eigenvalue weighted by Crippen LogP contribution is 2.41. The van der Waals surface area contributed by atoms with E-state index in [0.717, 1.165) is 24.0 Å². The average Bonchev–Trinajstić information content (AvgIpc) is 3.69. The maximum absolute atomic E-state index is 14.4. The fourth-order valence-electron chi connectivity index (χ4n) is 7.07. The van der Waals surface area contributed by atoms with Gasteiger partial charge in [-0.2, -0.15) is 18.3 Å². The number of aryl methyl sites for hydroxylation is 1. The quantitative estimate of drug-likeness (QED) is 0.140. The summed E-state index contributed by atoms with van der Waals surface area (Å²) in [5.41, 5.74) is 1.43. The topological polar surface area (TPSA) is 126 Å². The number of sulfonamides is 1. The molecule has 0 bridgehead atoms. The van der Waals surface area contributed by atoms with Crippen molar-refractivity contribution in [2.24, 2.45) is 7.05 Å². The van der Waals surface area contributed by atoms with Crippen molar-refractivity contribution in [1.82, 2.24) is 24.3 Å². The highest BCUT2D eigenvalue weighted by molar-refractivity contribution is 7.89. The summed E-state index contributed by atoms with van der Waals surface area (Å²) < 4.78 is 80.5. The molecule has 2 amide bonds. The molecule has 3 heterocycles. The van der Waals surface area contributed by atoms with Crippen LogP contribution in [-0.2, 0) is 23.2 Å². The third-order valence-electron chi connectivity index (χ3n) is 9.81. The van der Waals surface area contributed by atoms with Crippen molar-refractivity contribution in [2.75, 3.05) is 51.8 Å². The van der Waals surface area contributed by atoms with Crippen molar-refractivity contribution >= 4 is 27.5 Å². The third kappa shape index (κ3) is 7.61. The Morgan fingerprint density at radius 3 is 2.25 bits per heavy atom. The van der Waals surface area contributed by atoms with Crippen LogP contribution in [0.1, 0.15) is 69.4 Å². The molecular weight excluding hydrogens is 714 g/mol. The Balaban J connectivity index is 1.24. The number of fused-ring (bicyclic) bond motifs is 1. The first kappa shape index (κ1) is 37.8. The third-order valence-corrected chi connectivity index (χ3v) is 11.3. The summed E-state index contributed by atoms with van der Waals surface area (Å²) in [6.07, 6.45) is -4.06. The van der Waals surface area contributed by atoms with E-state index in [4.69, 9.17) is 9.47 Å². The average molecular weight is 755 g/mol. The van der Waals surface area contributed by atoms with Crippen molar-refractivity contribution in [3.8, 4) is 11.5 Å². The van der Waals surface area contributed by atoms with Gasteiger partial charge in [0, 0.05) is 52.0 Å². The molecule has 1 saturated heterocycles. The number of benzene rings is 3. The van der Waals surface area contributed by atoms with Crippen LogP contribution in [0.3, 0.4) is 0 Å². The van der Waals surface area contributed by atoms with Gasteiger partial charge in [-0.25, -0.2) is 13.1 Å². The molecule has 16 heteroatoms. The van der Waals surface area contributed by atoms with Crippen LogP contribution in [0.15, 0.2) is 77.8 Å². The summed E-state index contributed by atoms with van der Waals surface area (Å²) in [6.45, 7) is 4.67. The Labute approximate surface area is 306 Å². The highest BCUT2D eigenvalue weighted by atomic mass is 32.2. The van der Waals surface area contributed by atoms with E-state index >= 15 is 0 Å². The van der Waals surface area contributed by atoms with Crippen molar-refractivity contribution < 1.29 is 40.7 Å². The predicted octanol–water partition coefficient (Wildman–Crippen LogP) is 5.44. The van der Waals surface area contributed by atoms with E-state index in [9.17, 15) is 31.2 Å². The summed E-state index contributed by atoms with van der Waals surface area (Å²) in [6, 6.07) is 19.8. The van der Waals surface area contributed by atoms with Crippen LogP contribution in [0.2, 0.25) is 0 Å². The minimum Gasteiger partial charge on any atom is -0.493 e. The summed E-state index contributed by atoms with van der Waals surface area (Å²) in [7, 11) is -0.487. The molecule has 0 saturated carbocycles. The molecule has 2 aliphatic rings. The lowest BCUT2D eigenvalue weighted by molar-refractivity contribution is -0.143. The monoisotopic (exact) mass is 754 g/mol. The molecule has 0 unspecified atom stereocenters. The summed E-state index contributed by atoms with van der Waals surface area (Å²) in [5, 5.41) is 3.29. The summed E-state index contributed by atoms with van der Waals surface area (Å²) >= 11 is 0. The Bertz CT molecular complexity index is 2080. The second kappa shape index (κ2) is 15.2. The van der Waals surface area contributed by atoms with Crippen LogP contribution in [0.4, 0.5) is 18.9 Å². The molecule has 3 aromatic carbocycles. The standard InChI is InChI=1S/C37H41F3N6O6S/c1-24(25-10-6-5-7-11-25)44-18-20-45(21-19-44)29-13-8-12-27-33(29)36(48)46(35(27)47)28(26-15-16-30(51-3)31(22-26)52-4)14-9-17-41-53(49,50)32-23-43(2)42-34(32)37(38,39)40/h5-8,10-13,15-16,22-24,28,41H,9,14,17-21H2,1-4H3/t24-,28-/m1/s1. The zero-order valence-electron chi connectivity index (χ0n) is 29.8. The maximum Gasteiger partial charge on any atom is 0.436 e. The van der Waals surface area contributed by atoms with E-state index in [1.165, 1.54) is 31.7 Å². The molecule has 0 radical (unpaired) electrons. The Morgan fingerprint density at radius 1 is 0.887 bits per heavy atom. The highest BCUT2D eigenvalue weighted by Gasteiger charge is 2.44. The number of nitrogens with one attached hydrogen (secondary N) is 1. The Kier molecular flexibility index (Phi) is 10.8. The van der Waals surface area contributed by atoms with Crippen molar-refractivity contribution in [3.63, 3.8) is 0 Å². The molecule has 2 atom stereocenters. The molecule has 53 heavy (non-hydrogen) atoms. The zero-order valence-corrected chi connectivity index (χ0v) is 30.6. The molecule has 1 fully saturated rings. The number of rotatable bonds is 13. The number of alkyl halides is 3. The number of piperazine rings is 1. The fraction of sp³-hybridized carbons (Fsp3) is 0.378. The number of amides is 2. The van der Waals surface area contributed by atoms with Gasteiger partial charge in [-0.3, -0.25) is 24.1 Å². The minimum atomic E-state index is -4.98. The van der Waals surface area contributed by atoms with Gasteiger partial charge >= 0.3 is 6.18 Å². The summed E-state index contributed by atoms with van der Waals surface area (Å²) in [4.78, 5) is 33.2. The zero-order chi connectivity index (χ0) is 38.1. The maximum atomic E-state index is 14.4. The second-order valence-electron chi connectivity index (χ2n) is 13.0. The first-order valence-electron chi connectivity index (χ1n) is 17.1. The lowest BCUT2D eigenvalue weighted by atomic mass is 9.99. The number of aromatic nitrogens is 2. The number of halogens is 3. The van der Waals surface area contributed by atoms with Gasteiger partial charge in [0.2, 0.25) is 10.0 Å². The van der Waals surface area contributed by atoms with E-state index in [0.29, 0.717) is 41.4 Å². The largest absolute Gasteiger partial charge is 0.493 e. The van der Waals surface area contributed by atoms with E-state index in [-0.39, 0.29) is 31.0 Å². The molecular formula is C37H41F3N6O6S. The van der Waals surface area contributed by atoms with Crippen LogP contribution in [-0.4, -0.2) is 86.8 Å². The Hall–Kier alpha value is -4.93. The van der Waals surface area contributed by atoms with E-state index < -0.39 is 44.6 Å². The van der Waals surface area contributed by atoms with Crippen LogP contribution in [0.25, 0.3) is 0 Å². The van der Waals surface area contributed by atoms with Gasteiger partial charge in [0.15, 0.2) is 17.2 Å². The van der Waals surface area contributed by atoms with Crippen molar-refractivity contribution in [3.05, 3.63) is 101 Å². The molecule has 12 nitrogen and oxygen atoms in total. The van der Waals surface area contributed by atoms with Crippen molar-refractivity contribution in [1.29, 1.82) is 0 Å². The van der Waals surface area contributed by atoms with Gasteiger partial charge in [-0.1, -0.05) is 42.5 Å². The number of methoxy groups -OCH3 is 2. The number of carbonyl (C=O) groups excluding carboxylic acids is 2. The second-order valence-corrected chi connectivity index (χ2v) is 14.7. The van der Waals surface area contributed by atoms with E-state index in [2.05, 4.69) is 38.7 Å². The van der Waals surface area contributed by atoms with Crippen LogP contribution in [0, 0.1) is 0 Å². The van der Waals surface area contributed by atoms with E-state index in [1.807, 2.05) is 24.3 Å². The molecule has 6 rings (SSSR count). The van der Waals surface area contributed by atoms with Gasteiger partial charge in [0.1, 0.15) is 4.90 Å². The van der Waals surface area contributed by atoms with Crippen molar-refractivity contribution in [2.45, 2.75) is 42.9 Å². The van der Waals surface area contributed by atoms with Gasteiger partial charge in [-0.05, 0) is 55.2 Å². The van der Waals surface area contributed by atoms with Gasteiger partial charge in [0.05, 0.1) is 37.1 Å². The smallest absolute Gasteiger partial charge is 0.436 e. The first-order chi connectivity index (χ1) is 25.2. The fourth-order valence-corrected chi connectivity index (χ4v) is 8.34. The molecule has 2 aliphatic heterocycles. The van der Waals surface area contributed by atoms with Gasteiger partial charge in [-0.15, -0.1) is 0 Å². The number of carbonyl (C=O) groups is 2. The first-order valence-corrected chi connectivity index (χ1v) is 18.6. The molecule has 282 valence electrons. The number of hydrogen-bond acceptors (Lipinski definition) is 9. The lowest BCUT2D eigenvalue weighted by Gasteiger charge is -2.39. The number of imide groups is 1. The predicted molar refractivity (Wildman–Crippen MR) is 191 cm³/mol. The summed E-state index contributed by atoms with van der Waals surface area (Å²) in [5.74, 6) is -0.225. The van der Waals surface area contributed by atoms with Crippen LogP contribution in [0.5, 0.6) is 11.5 Å². The molecule has 4 aromatic rings. The number of anilines is 1. The van der Waals surface area contributed by atoms with Crippen LogP contribution >= 0.6 is 0 Å². The normalized spacial score (nSPS) is 16.5. The number of ether oxygens (including phenoxy) is 2. The SMILES string of the molecule is COc1ccc([C@@H](CCCNS(=O)(=O)c2cn(C)nc2C(F)(F)F)N2C(=O)c3cccc(N4CCN([C@H](C)c5ccccc5)CC4)c3C2=O)cc1OC. The number of nitrogens with zero attached hydrogens (tertiary/aromatic N) is 5. The van der Waals surface area contributed by atoms with Gasteiger partial charge < -0.3 is 14.4 Å². The minimum absolute atomic E-state index is 0.0572. The molecule has 0 spiro atoms. The Morgan fingerprint density at radius 2 is 1.58 bits per heavy atom. The molecule has 1 N–H and O–H groups in total. The lowest BCUT2D eigenvalue weighted by Crippen LogP contribution is -2.47. The van der Waals surface area contributed by atoms with E-state index in [1.54, 1.807) is 30.3 Å². The molecule has 1 aromatic heterocycles. The number of hydrogen-bond donors (Lipinski definition) is 1. The molecule has 0 aliphatic carbocycles.